The standard InChI is InChI=1S/C14H20BrClN2O/c1-14(2)9-18(5-6-19-14)13(8-17)10-3-4-12(16)11(15)7-10/h3-4,7,13H,5-6,8-9,17H2,1-2H3. The van der Waals surface area contributed by atoms with E-state index in [1.54, 1.807) is 0 Å². The summed E-state index contributed by atoms with van der Waals surface area (Å²) in [5.74, 6) is 0. The Bertz CT molecular complexity index is 453. The second-order valence-corrected chi connectivity index (χ2v) is 6.77. The van der Waals surface area contributed by atoms with Crippen molar-refractivity contribution in [3.8, 4) is 0 Å². The van der Waals surface area contributed by atoms with Gasteiger partial charge in [0, 0.05) is 30.1 Å². The molecule has 0 saturated carbocycles. The first kappa shape index (κ1) is 15.3. The maximum absolute atomic E-state index is 6.05. The van der Waals surface area contributed by atoms with Crippen LogP contribution in [0.4, 0.5) is 0 Å². The largest absolute Gasteiger partial charge is 0.373 e. The van der Waals surface area contributed by atoms with E-state index in [4.69, 9.17) is 22.1 Å². The van der Waals surface area contributed by atoms with E-state index in [9.17, 15) is 0 Å². The molecule has 5 heteroatoms. The van der Waals surface area contributed by atoms with Gasteiger partial charge in [-0.15, -0.1) is 0 Å². The summed E-state index contributed by atoms with van der Waals surface area (Å²) in [6, 6.07) is 6.22. The number of halogens is 2. The molecule has 1 saturated heterocycles. The third-order valence-corrected chi connectivity index (χ3v) is 4.66. The Balaban J connectivity index is 2.21. The third kappa shape index (κ3) is 3.70. The molecule has 1 aromatic rings. The fraction of sp³-hybridized carbons (Fsp3) is 0.571. The van der Waals surface area contributed by atoms with E-state index in [0.29, 0.717) is 6.54 Å². The van der Waals surface area contributed by atoms with Gasteiger partial charge in [-0.1, -0.05) is 17.7 Å². The van der Waals surface area contributed by atoms with Crippen molar-refractivity contribution < 1.29 is 4.74 Å². The average Bonchev–Trinajstić information content (AvgIpc) is 2.33. The van der Waals surface area contributed by atoms with Gasteiger partial charge in [-0.05, 0) is 47.5 Å². The van der Waals surface area contributed by atoms with Crippen LogP contribution in [0.1, 0.15) is 25.5 Å². The Morgan fingerprint density at radius 3 is 2.84 bits per heavy atom. The van der Waals surface area contributed by atoms with Gasteiger partial charge in [0.2, 0.25) is 0 Å². The highest BCUT2D eigenvalue weighted by Gasteiger charge is 2.31. The van der Waals surface area contributed by atoms with Crippen LogP contribution < -0.4 is 5.73 Å². The summed E-state index contributed by atoms with van der Waals surface area (Å²) in [5, 5.41) is 0.724. The molecule has 0 radical (unpaired) electrons. The zero-order chi connectivity index (χ0) is 14.0. The first-order chi connectivity index (χ1) is 8.93. The zero-order valence-electron chi connectivity index (χ0n) is 11.3. The Morgan fingerprint density at radius 1 is 1.53 bits per heavy atom. The molecule has 1 aliphatic rings. The highest BCUT2D eigenvalue weighted by molar-refractivity contribution is 9.10. The van der Waals surface area contributed by atoms with Crippen LogP contribution in [0.2, 0.25) is 5.02 Å². The lowest BCUT2D eigenvalue weighted by molar-refractivity contribution is -0.0967. The van der Waals surface area contributed by atoms with Gasteiger partial charge in [0.1, 0.15) is 0 Å². The normalized spacial score (nSPS) is 21.3. The SMILES string of the molecule is CC1(C)CN(C(CN)c2ccc(Cl)c(Br)c2)CCO1. The molecular formula is C14H20BrClN2O. The summed E-state index contributed by atoms with van der Waals surface area (Å²) >= 11 is 9.52. The van der Waals surface area contributed by atoms with E-state index in [1.165, 1.54) is 5.56 Å². The minimum absolute atomic E-state index is 0.116. The van der Waals surface area contributed by atoms with Gasteiger partial charge < -0.3 is 10.5 Å². The van der Waals surface area contributed by atoms with Gasteiger partial charge in [-0.25, -0.2) is 0 Å². The number of morpholine rings is 1. The number of ether oxygens (including phenoxy) is 1. The fourth-order valence-electron chi connectivity index (χ4n) is 2.53. The van der Waals surface area contributed by atoms with Crippen LogP contribution in [0.5, 0.6) is 0 Å². The summed E-state index contributed by atoms with van der Waals surface area (Å²) in [7, 11) is 0. The van der Waals surface area contributed by atoms with E-state index >= 15 is 0 Å². The predicted octanol–water partition coefficient (Wildman–Crippen LogP) is 3.21. The fourth-order valence-corrected chi connectivity index (χ4v) is 3.05. The second kappa shape index (κ2) is 6.10. The van der Waals surface area contributed by atoms with E-state index in [1.807, 2.05) is 12.1 Å². The van der Waals surface area contributed by atoms with Gasteiger partial charge in [0.05, 0.1) is 17.2 Å². The minimum Gasteiger partial charge on any atom is -0.373 e. The van der Waals surface area contributed by atoms with Crippen LogP contribution in [0.3, 0.4) is 0 Å². The molecule has 0 aromatic heterocycles. The summed E-state index contributed by atoms with van der Waals surface area (Å²) < 4.78 is 6.67. The van der Waals surface area contributed by atoms with Gasteiger partial charge in [-0.2, -0.15) is 0 Å². The lowest BCUT2D eigenvalue weighted by Crippen LogP contribution is -2.50. The molecule has 0 aliphatic carbocycles. The van der Waals surface area contributed by atoms with Crippen molar-refractivity contribution in [2.45, 2.75) is 25.5 Å². The van der Waals surface area contributed by atoms with Gasteiger partial charge in [0.15, 0.2) is 0 Å². The summed E-state index contributed by atoms with van der Waals surface area (Å²) in [4.78, 5) is 2.39. The molecule has 1 aromatic carbocycles. The molecule has 1 atom stereocenters. The molecule has 1 aliphatic heterocycles. The third-order valence-electron chi connectivity index (χ3n) is 3.45. The van der Waals surface area contributed by atoms with Gasteiger partial charge >= 0.3 is 0 Å². The highest BCUT2D eigenvalue weighted by Crippen LogP contribution is 2.30. The summed E-state index contributed by atoms with van der Waals surface area (Å²) in [6.45, 7) is 7.36. The van der Waals surface area contributed by atoms with Crippen molar-refractivity contribution in [1.29, 1.82) is 0 Å². The number of rotatable bonds is 3. The summed E-state index contributed by atoms with van der Waals surface area (Å²) in [5.41, 5.74) is 7.06. The first-order valence-corrected chi connectivity index (χ1v) is 7.63. The molecule has 1 unspecified atom stereocenters. The average molecular weight is 348 g/mol. The van der Waals surface area contributed by atoms with E-state index in [-0.39, 0.29) is 11.6 Å². The van der Waals surface area contributed by atoms with Crippen molar-refractivity contribution in [2.75, 3.05) is 26.2 Å². The maximum atomic E-state index is 6.05. The Kier molecular flexibility index (Phi) is 4.90. The van der Waals surface area contributed by atoms with Crippen molar-refractivity contribution in [3.05, 3.63) is 33.3 Å². The quantitative estimate of drug-likeness (QED) is 0.912. The molecule has 2 N–H and O–H groups in total. The van der Waals surface area contributed by atoms with Crippen LogP contribution in [0.15, 0.2) is 22.7 Å². The van der Waals surface area contributed by atoms with Crippen molar-refractivity contribution >= 4 is 27.5 Å². The molecule has 1 fully saturated rings. The molecule has 1 heterocycles. The smallest absolute Gasteiger partial charge is 0.0753 e. The summed E-state index contributed by atoms with van der Waals surface area (Å²) in [6.07, 6.45) is 0. The van der Waals surface area contributed by atoms with Crippen LogP contribution >= 0.6 is 27.5 Å². The number of benzene rings is 1. The van der Waals surface area contributed by atoms with Crippen LogP contribution in [0.25, 0.3) is 0 Å². The molecule has 3 nitrogen and oxygen atoms in total. The number of hydrogen-bond donors (Lipinski definition) is 1. The number of hydrogen-bond acceptors (Lipinski definition) is 3. The minimum atomic E-state index is -0.116. The molecule has 106 valence electrons. The molecule has 0 bridgehead atoms. The molecule has 0 spiro atoms. The Morgan fingerprint density at radius 2 is 2.26 bits per heavy atom. The van der Waals surface area contributed by atoms with Crippen molar-refractivity contribution in [3.63, 3.8) is 0 Å². The van der Waals surface area contributed by atoms with Crippen molar-refractivity contribution in [1.82, 2.24) is 4.90 Å². The monoisotopic (exact) mass is 346 g/mol. The van der Waals surface area contributed by atoms with E-state index < -0.39 is 0 Å². The lowest BCUT2D eigenvalue weighted by Gasteiger charge is -2.42. The maximum Gasteiger partial charge on any atom is 0.0753 e. The van der Waals surface area contributed by atoms with Gasteiger partial charge in [0.25, 0.3) is 0 Å². The van der Waals surface area contributed by atoms with Crippen molar-refractivity contribution in [2.24, 2.45) is 5.73 Å². The predicted molar refractivity (Wildman–Crippen MR) is 82.6 cm³/mol. The van der Waals surface area contributed by atoms with Gasteiger partial charge in [-0.3, -0.25) is 4.90 Å². The molecule has 2 rings (SSSR count). The number of nitrogens with zero attached hydrogens (tertiary/aromatic N) is 1. The Hall–Kier alpha value is -0.130. The second-order valence-electron chi connectivity index (χ2n) is 5.50. The molecule has 19 heavy (non-hydrogen) atoms. The van der Waals surface area contributed by atoms with Crippen LogP contribution in [-0.4, -0.2) is 36.7 Å². The highest BCUT2D eigenvalue weighted by atomic mass is 79.9. The zero-order valence-corrected chi connectivity index (χ0v) is 13.7. The van der Waals surface area contributed by atoms with E-state index in [2.05, 4.69) is 40.7 Å². The van der Waals surface area contributed by atoms with Crippen LogP contribution in [0, 0.1) is 0 Å². The molecule has 0 amide bonds. The molecular weight excluding hydrogens is 328 g/mol. The van der Waals surface area contributed by atoms with Crippen LogP contribution in [-0.2, 0) is 4.74 Å². The first-order valence-electron chi connectivity index (χ1n) is 6.46. The lowest BCUT2D eigenvalue weighted by atomic mass is 10.0. The number of nitrogens with two attached hydrogens (primary N) is 1. The Labute approximate surface area is 128 Å². The van der Waals surface area contributed by atoms with E-state index in [0.717, 1.165) is 29.2 Å². The topological polar surface area (TPSA) is 38.5 Å².